The molecule has 6 heteroatoms. The lowest BCUT2D eigenvalue weighted by Crippen LogP contribution is -2.29. The first-order valence-corrected chi connectivity index (χ1v) is 5.45. The lowest BCUT2D eigenvalue weighted by Gasteiger charge is -2.07. The molecular formula is C11H16Cl2N2O2. The number of halogens is 2. The van der Waals surface area contributed by atoms with E-state index in [0.717, 1.165) is 5.75 Å². The van der Waals surface area contributed by atoms with Gasteiger partial charge in [-0.3, -0.25) is 4.79 Å². The maximum atomic E-state index is 11.0. The molecule has 0 bridgehead atoms. The number of carbonyl (C=O) groups is 1. The van der Waals surface area contributed by atoms with Crippen LogP contribution in [0.2, 0.25) is 5.02 Å². The van der Waals surface area contributed by atoms with Crippen molar-refractivity contribution >= 4 is 29.9 Å². The fraction of sp³-hybridized carbons (Fsp3) is 0.364. The van der Waals surface area contributed by atoms with E-state index in [0.29, 0.717) is 31.1 Å². The van der Waals surface area contributed by atoms with Gasteiger partial charge >= 0.3 is 0 Å². The van der Waals surface area contributed by atoms with E-state index in [-0.39, 0.29) is 18.3 Å². The molecule has 1 amide bonds. The van der Waals surface area contributed by atoms with Crippen LogP contribution in [0.3, 0.4) is 0 Å². The van der Waals surface area contributed by atoms with Gasteiger partial charge in [-0.15, -0.1) is 12.4 Å². The van der Waals surface area contributed by atoms with Crippen LogP contribution in [0.5, 0.6) is 5.75 Å². The predicted octanol–water partition coefficient (Wildman–Crippen LogP) is 1.61. The summed E-state index contributed by atoms with van der Waals surface area (Å²) in [5, 5.41) is 3.37. The number of ether oxygens (including phenoxy) is 1. The first-order chi connectivity index (χ1) is 7.72. The van der Waals surface area contributed by atoms with E-state index in [9.17, 15) is 4.79 Å². The standard InChI is InChI=1S/C11H15ClN2O2.ClH/c12-9-1-3-10(4-2-9)16-8-7-14-11(15)5-6-13;/h1-4H,5-8,13H2,(H,14,15);1H. The van der Waals surface area contributed by atoms with Crippen molar-refractivity contribution in [3.8, 4) is 5.75 Å². The molecule has 0 unspecified atom stereocenters. The van der Waals surface area contributed by atoms with Crippen LogP contribution in [0.25, 0.3) is 0 Å². The van der Waals surface area contributed by atoms with E-state index in [2.05, 4.69) is 5.32 Å². The fourth-order valence-electron chi connectivity index (χ4n) is 1.11. The second-order valence-electron chi connectivity index (χ2n) is 3.19. The second-order valence-corrected chi connectivity index (χ2v) is 3.63. The monoisotopic (exact) mass is 278 g/mol. The van der Waals surface area contributed by atoms with Crippen LogP contribution in [0.15, 0.2) is 24.3 Å². The van der Waals surface area contributed by atoms with Crippen LogP contribution in [0, 0.1) is 0 Å². The number of benzene rings is 1. The summed E-state index contributed by atoms with van der Waals surface area (Å²) >= 11 is 5.72. The van der Waals surface area contributed by atoms with Gasteiger partial charge in [-0.05, 0) is 24.3 Å². The van der Waals surface area contributed by atoms with Crippen molar-refractivity contribution in [1.82, 2.24) is 5.32 Å². The van der Waals surface area contributed by atoms with E-state index in [1.807, 2.05) is 0 Å². The van der Waals surface area contributed by atoms with E-state index in [1.165, 1.54) is 0 Å². The Labute approximate surface area is 112 Å². The van der Waals surface area contributed by atoms with Crippen molar-refractivity contribution in [1.29, 1.82) is 0 Å². The lowest BCUT2D eigenvalue weighted by atomic mass is 10.3. The highest BCUT2D eigenvalue weighted by atomic mass is 35.5. The number of nitrogens with one attached hydrogen (secondary N) is 1. The van der Waals surface area contributed by atoms with Crippen LogP contribution < -0.4 is 15.8 Å². The summed E-state index contributed by atoms with van der Waals surface area (Å²) in [6.07, 6.45) is 0.348. The molecule has 17 heavy (non-hydrogen) atoms. The van der Waals surface area contributed by atoms with Gasteiger partial charge in [-0.1, -0.05) is 11.6 Å². The molecule has 0 aliphatic carbocycles. The second kappa shape index (κ2) is 9.10. The summed E-state index contributed by atoms with van der Waals surface area (Å²) in [6.45, 7) is 1.27. The van der Waals surface area contributed by atoms with Gasteiger partial charge in [0.15, 0.2) is 0 Å². The number of rotatable bonds is 6. The quantitative estimate of drug-likeness (QED) is 0.777. The molecule has 0 aliphatic rings. The Morgan fingerprint density at radius 1 is 1.35 bits per heavy atom. The zero-order valence-corrected chi connectivity index (χ0v) is 10.9. The van der Waals surface area contributed by atoms with Gasteiger partial charge < -0.3 is 15.8 Å². The Bertz CT molecular complexity index is 331. The van der Waals surface area contributed by atoms with E-state index in [4.69, 9.17) is 22.1 Å². The van der Waals surface area contributed by atoms with Crippen LogP contribution in [-0.4, -0.2) is 25.6 Å². The Kier molecular flexibility index (Phi) is 8.58. The molecule has 0 aromatic heterocycles. The third kappa shape index (κ3) is 7.05. The minimum absolute atomic E-state index is 0. The molecule has 1 rings (SSSR count). The molecule has 0 atom stereocenters. The summed E-state index contributed by atoms with van der Waals surface area (Å²) in [7, 11) is 0. The van der Waals surface area contributed by atoms with Crippen LogP contribution in [-0.2, 0) is 4.79 Å². The van der Waals surface area contributed by atoms with Crippen molar-refractivity contribution in [2.24, 2.45) is 5.73 Å². The first-order valence-electron chi connectivity index (χ1n) is 5.07. The summed E-state index contributed by atoms with van der Waals surface area (Å²) in [6, 6.07) is 7.07. The third-order valence-electron chi connectivity index (χ3n) is 1.88. The fourth-order valence-corrected chi connectivity index (χ4v) is 1.24. The van der Waals surface area contributed by atoms with Crippen molar-refractivity contribution in [3.63, 3.8) is 0 Å². The van der Waals surface area contributed by atoms with E-state index >= 15 is 0 Å². The zero-order chi connectivity index (χ0) is 11.8. The summed E-state index contributed by atoms with van der Waals surface area (Å²) < 4.78 is 5.38. The summed E-state index contributed by atoms with van der Waals surface area (Å²) in [4.78, 5) is 11.0. The Morgan fingerprint density at radius 3 is 2.59 bits per heavy atom. The van der Waals surface area contributed by atoms with Crippen LogP contribution >= 0.6 is 24.0 Å². The van der Waals surface area contributed by atoms with Gasteiger partial charge in [0.05, 0.1) is 6.54 Å². The van der Waals surface area contributed by atoms with Gasteiger partial charge in [0.1, 0.15) is 12.4 Å². The average molecular weight is 279 g/mol. The minimum Gasteiger partial charge on any atom is -0.492 e. The highest BCUT2D eigenvalue weighted by Gasteiger charge is 1.98. The van der Waals surface area contributed by atoms with Crippen molar-refractivity contribution < 1.29 is 9.53 Å². The van der Waals surface area contributed by atoms with E-state index < -0.39 is 0 Å². The molecule has 1 aromatic rings. The van der Waals surface area contributed by atoms with Gasteiger partial charge in [0, 0.05) is 18.0 Å². The van der Waals surface area contributed by atoms with Gasteiger partial charge in [0.25, 0.3) is 0 Å². The first kappa shape index (κ1) is 16.0. The smallest absolute Gasteiger partial charge is 0.221 e. The molecule has 1 aromatic carbocycles. The molecule has 96 valence electrons. The Morgan fingerprint density at radius 2 is 2.00 bits per heavy atom. The zero-order valence-electron chi connectivity index (χ0n) is 9.32. The average Bonchev–Trinajstić information content (AvgIpc) is 2.27. The molecule has 3 N–H and O–H groups in total. The number of amides is 1. The van der Waals surface area contributed by atoms with Gasteiger partial charge in [-0.2, -0.15) is 0 Å². The molecule has 0 heterocycles. The Hall–Kier alpha value is -0.970. The molecular weight excluding hydrogens is 263 g/mol. The highest BCUT2D eigenvalue weighted by Crippen LogP contribution is 2.14. The normalized spacial score (nSPS) is 9.29. The SMILES string of the molecule is Cl.NCCC(=O)NCCOc1ccc(Cl)cc1. The molecule has 0 saturated heterocycles. The highest BCUT2D eigenvalue weighted by molar-refractivity contribution is 6.30. The maximum Gasteiger partial charge on any atom is 0.221 e. The summed E-state index contributed by atoms with van der Waals surface area (Å²) in [5.41, 5.74) is 5.23. The third-order valence-corrected chi connectivity index (χ3v) is 2.13. The molecule has 0 aliphatic heterocycles. The topological polar surface area (TPSA) is 64.4 Å². The van der Waals surface area contributed by atoms with Crippen LogP contribution in [0.1, 0.15) is 6.42 Å². The van der Waals surface area contributed by atoms with Gasteiger partial charge in [0.2, 0.25) is 5.91 Å². The minimum atomic E-state index is -0.0535. The number of hydrogen-bond acceptors (Lipinski definition) is 3. The molecule has 0 saturated carbocycles. The molecule has 0 radical (unpaired) electrons. The maximum absolute atomic E-state index is 11.0. The van der Waals surface area contributed by atoms with Crippen molar-refractivity contribution in [2.75, 3.05) is 19.7 Å². The molecule has 0 spiro atoms. The van der Waals surface area contributed by atoms with Crippen molar-refractivity contribution in [2.45, 2.75) is 6.42 Å². The largest absolute Gasteiger partial charge is 0.492 e. The summed E-state index contributed by atoms with van der Waals surface area (Å²) in [5.74, 6) is 0.680. The van der Waals surface area contributed by atoms with Gasteiger partial charge in [-0.25, -0.2) is 0 Å². The number of hydrogen-bond donors (Lipinski definition) is 2. The predicted molar refractivity (Wildman–Crippen MR) is 70.9 cm³/mol. The number of carbonyl (C=O) groups excluding carboxylic acids is 1. The lowest BCUT2D eigenvalue weighted by molar-refractivity contribution is -0.120. The van der Waals surface area contributed by atoms with Crippen LogP contribution in [0.4, 0.5) is 0 Å². The van der Waals surface area contributed by atoms with E-state index in [1.54, 1.807) is 24.3 Å². The number of nitrogens with two attached hydrogens (primary N) is 1. The molecule has 4 nitrogen and oxygen atoms in total. The molecule has 0 fully saturated rings. The Balaban J connectivity index is 0.00000256. The van der Waals surface area contributed by atoms with Crippen molar-refractivity contribution in [3.05, 3.63) is 29.3 Å².